The van der Waals surface area contributed by atoms with Crippen LogP contribution >= 0.6 is 11.3 Å². The quantitative estimate of drug-likeness (QED) is 0.771. The number of hydrogen-bond acceptors (Lipinski definition) is 5. The Morgan fingerprint density at radius 1 is 1.50 bits per heavy atom. The third kappa shape index (κ3) is 4.46. The van der Waals surface area contributed by atoms with Crippen LogP contribution in [0.1, 0.15) is 19.0 Å². The lowest BCUT2D eigenvalue weighted by molar-refractivity contribution is 0.580. The third-order valence-electron chi connectivity index (χ3n) is 1.94. The summed E-state index contributed by atoms with van der Waals surface area (Å²) in [7, 11) is -1.28. The van der Waals surface area contributed by atoms with Crippen LogP contribution in [0.4, 0.5) is 5.13 Å². The molecule has 0 aromatic carbocycles. The van der Waals surface area contributed by atoms with Gasteiger partial charge in [0.25, 0.3) is 0 Å². The second-order valence-corrected chi connectivity index (χ2v) is 6.14. The number of hydrogen-bond donors (Lipinski definition) is 2. The van der Waals surface area contributed by atoms with Crippen molar-refractivity contribution < 1.29 is 8.42 Å². The topological polar surface area (TPSA) is 71.1 Å². The van der Waals surface area contributed by atoms with Crippen molar-refractivity contribution in [3.8, 4) is 0 Å². The molecule has 1 rings (SSSR count). The molecule has 0 aliphatic rings. The van der Waals surface area contributed by atoms with E-state index in [1.54, 1.807) is 0 Å². The van der Waals surface area contributed by atoms with E-state index in [0.29, 0.717) is 19.4 Å². The molecule has 2 N–H and O–H groups in total. The Balaban J connectivity index is 2.35. The van der Waals surface area contributed by atoms with Gasteiger partial charge in [-0.3, -0.25) is 0 Å². The van der Waals surface area contributed by atoms with Gasteiger partial charge in [0.15, 0.2) is 5.13 Å². The molecule has 7 heteroatoms. The molecule has 92 valence electrons. The van der Waals surface area contributed by atoms with Gasteiger partial charge < -0.3 is 5.32 Å². The SMILES string of the molecule is CCCS(=O)(=O)NCCc1csc(NC)n1. The standard InChI is InChI=1S/C9H17N3O2S2/c1-3-6-16(13,14)11-5-4-8-7-15-9(10-2)12-8/h7,11H,3-6H2,1-2H3,(H,10,12). The molecule has 0 spiro atoms. The molecule has 0 amide bonds. The Labute approximate surface area is 100 Å². The summed E-state index contributed by atoms with van der Waals surface area (Å²) >= 11 is 1.52. The molecule has 1 aromatic rings. The Kier molecular flexibility index (Phi) is 5.17. The minimum absolute atomic E-state index is 0.186. The average Bonchev–Trinajstić information content (AvgIpc) is 2.65. The summed E-state index contributed by atoms with van der Waals surface area (Å²) in [5, 5.41) is 5.73. The highest BCUT2D eigenvalue weighted by Crippen LogP contribution is 2.14. The largest absolute Gasteiger partial charge is 0.365 e. The maximum absolute atomic E-state index is 11.3. The van der Waals surface area contributed by atoms with Crippen molar-refractivity contribution in [1.82, 2.24) is 9.71 Å². The van der Waals surface area contributed by atoms with E-state index in [2.05, 4.69) is 15.0 Å². The average molecular weight is 263 g/mol. The smallest absolute Gasteiger partial charge is 0.211 e. The van der Waals surface area contributed by atoms with E-state index in [1.165, 1.54) is 11.3 Å². The molecular weight excluding hydrogens is 246 g/mol. The second-order valence-electron chi connectivity index (χ2n) is 3.36. The Morgan fingerprint density at radius 2 is 2.25 bits per heavy atom. The van der Waals surface area contributed by atoms with Gasteiger partial charge in [-0.2, -0.15) is 0 Å². The summed E-state index contributed by atoms with van der Waals surface area (Å²) in [6, 6.07) is 0. The van der Waals surface area contributed by atoms with Crippen molar-refractivity contribution in [2.75, 3.05) is 24.7 Å². The van der Waals surface area contributed by atoms with Crippen LogP contribution in [0.25, 0.3) is 0 Å². The molecule has 1 aromatic heterocycles. The van der Waals surface area contributed by atoms with Crippen molar-refractivity contribution in [3.63, 3.8) is 0 Å². The van der Waals surface area contributed by atoms with Gasteiger partial charge in [-0.05, 0) is 6.42 Å². The van der Waals surface area contributed by atoms with Gasteiger partial charge in [-0.25, -0.2) is 18.1 Å². The van der Waals surface area contributed by atoms with Crippen molar-refractivity contribution >= 4 is 26.5 Å². The van der Waals surface area contributed by atoms with Gasteiger partial charge in [0, 0.05) is 25.4 Å². The van der Waals surface area contributed by atoms with Crippen LogP contribution < -0.4 is 10.0 Å². The minimum Gasteiger partial charge on any atom is -0.365 e. The second kappa shape index (κ2) is 6.17. The normalized spacial score (nSPS) is 11.6. The summed E-state index contributed by atoms with van der Waals surface area (Å²) in [4.78, 5) is 4.27. The van der Waals surface area contributed by atoms with Crippen LogP contribution in [-0.2, 0) is 16.4 Å². The van der Waals surface area contributed by atoms with Crippen LogP contribution in [-0.4, -0.2) is 32.7 Å². The number of aromatic nitrogens is 1. The summed E-state index contributed by atoms with van der Waals surface area (Å²) in [5.74, 6) is 0.186. The van der Waals surface area contributed by atoms with Crippen molar-refractivity contribution in [2.45, 2.75) is 19.8 Å². The van der Waals surface area contributed by atoms with Crippen molar-refractivity contribution in [3.05, 3.63) is 11.1 Å². The lowest BCUT2D eigenvalue weighted by Gasteiger charge is -2.03. The molecular formula is C9H17N3O2S2. The molecule has 16 heavy (non-hydrogen) atoms. The molecule has 0 aliphatic carbocycles. The van der Waals surface area contributed by atoms with Crippen molar-refractivity contribution in [1.29, 1.82) is 0 Å². The minimum atomic E-state index is -3.09. The molecule has 0 atom stereocenters. The Bertz CT molecular complexity index is 414. The zero-order valence-corrected chi connectivity index (χ0v) is 11.1. The number of thiazole rings is 1. The van der Waals surface area contributed by atoms with E-state index in [-0.39, 0.29) is 5.75 Å². The maximum atomic E-state index is 11.3. The van der Waals surface area contributed by atoms with Gasteiger partial charge in [-0.1, -0.05) is 6.92 Å². The zero-order chi connectivity index (χ0) is 12.0. The Hall–Kier alpha value is -0.660. The highest BCUT2D eigenvalue weighted by molar-refractivity contribution is 7.89. The number of nitrogens with zero attached hydrogens (tertiary/aromatic N) is 1. The summed E-state index contributed by atoms with van der Waals surface area (Å²) < 4.78 is 25.2. The maximum Gasteiger partial charge on any atom is 0.211 e. The van der Waals surface area contributed by atoms with Gasteiger partial charge in [0.05, 0.1) is 11.4 Å². The highest BCUT2D eigenvalue weighted by Gasteiger charge is 2.08. The zero-order valence-electron chi connectivity index (χ0n) is 9.49. The summed E-state index contributed by atoms with van der Waals surface area (Å²) in [6.07, 6.45) is 1.26. The molecule has 0 fully saturated rings. The number of rotatable bonds is 7. The van der Waals surface area contributed by atoms with Crippen LogP contribution in [0.3, 0.4) is 0 Å². The molecule has 1 heterocycles. The van der Waals surface area contributed by atoms with Gasteiger partial charge >= 0.3 is 0 Å². The first kappa shape index (κ1) is 13.4. The summed E-state index contributed by atoms with van der Waals surface area (Å²) in [6.45, 7) is 2.26. The lowest BCUT2D eigenvalue weighted by atomic mass is 10.3. The fourth-order valence-corrected chi connectivity index (χ4v) is 3.01. The molecule has 0 bridgehead atoms. The number of anilines is 1. The number of sulfonamides is 1. The fourth-order valence-electron chi connectivity index (χ4n) is 1.21. The predicted molar refractivity (Wildman–Crippen MR) is 67.4 cm³/mol. The third-order valence-corrected chi connectivity index (χ3v) is 4.44. The Morgan fingerprint density at radius 3 is 2.81 bits per heavy atom. The monoisotopic (exact) mass is 263 g/mol. The molecule has 0 aliphatic heterocycles. The van der Waals surface area contributed by atoms with Gasteiger partial charge in [-0.15, -0.1) is 11.3 Å². The first-order chi connectivity index (χ1) is 7.57. The van der Waals surface area contributed by atoms with Gasteiger partial charge in [0.2, 0.25) is 10.0 Å². The molecule has 0 saturated heterocycles. The van der Waals surface area contributed by atoms with E-state index in [1.807, 2.05) is 19.4 Å². The number of nitrogens with one attached hydrogen (secondary N) is 2. The van der Waals surface area contributed by atoms with Crippen molar-refractivity contribution in [2.24, 2.45) is 0 Å². The summed E-state index contributed by atoms with van der Waals surface area (Å²) in [5.41, 5.74) is 0.911. The highest BCUT2D eigenvalue weighted by atomic mass is 32.2. The fraction of sp³-hybridized carbons (Fsp3) is 0.667. The molecule has 0 radical (unpaired) electrons. The predicted octanol–water partition coefficient (Wildman–Crippen LogP) is 1.06. The molecule has 0 saturated carbocycles. The first-order valence-corrected chi connectivity index (χ1v) is 7.70. The van der Waals surface area contributed by atoms with Crippen LogP contribution in [0.5, 0.6) is 0 Å². The van der Waals surface area contributed by atoms with Crippen LogP contribution in [0.15, 0.2) is 5.38 Å². The van der Waals surface area contributed by atoms with E-state index in [0.717, 1.165) is 10.8 Å². The van der Waals surface area contributed by atoms with Crippen LogP contribution in [0.2, 0.25) is 0 Å². The van der Waals surface area contributed by atoms with Gasteiger partial charge in [0.1, 0.15) is 0 Å². The van der Waals surface area contributed by atoms with E-state index in [9.17, 15) is 8.42 Å². The van der Waals surface area contributed by atoms with E-state index >= 15 is 0 Å². The van der Waals surface area contributed by atoms with E-state index < -0.39 is 10.0 Å². The molecule has 0 unspecified atom stereocenters. The van der Waals surface area contributed by atoms with Crippen LogP contribution in [0, 0.1) is 0 Å². The van der Waals surface area contributed by atoms with E-state index in [4.69, 9.17) is 0 Å². The molecule has 5 nitrogen and oxygen atoms in total. The first-order valence-electron chi connectivity index (χ1n) is 5.17. The lowest BCUT2D eigenvalue weighted by Crippen LogP contribution is -2.28.